The van der Waals surface area contributed by atoms with Crippen molar-refractivity contribution >= 4 is 0 Å². The van der Waals surface area contributed by atoms with Gasteiger partial charge in [0.15, 0.2) is 11.5 Å². The Kier molecular flexibility index (Phi) is 4.57. The molecular formula is C17H16O4. The molecule has 0 heterocycles. The quantitative estimate of drug-likeness (QED) is 0.880. The number of methoxy groups -OCH3 is 3. The monoisotopic (exact) mass is 284 g/mol. The normalized spacial score (nSPS) is 9.48. The van der Waals surface area contributed by atoms with E-state index < -0.39 is 0 Å². The van der Waals surface area contributed by atoms with Gasteiger partial charge in [-0.25, -0.2) is 0 Å². The number of rotatable bonds is 3. The van der Waals surface area contributed by atoms with Crippen LogP contribution in [0.25, 0.3) is 0 Å². The van der Waals surface area contributed by atoms with E-state index in [0.29, 0.717) is 17.2 Å². The van der Waals surface area contributed by atoms with Gasteiger partial charge in [-0.05, 0) is 36.4 Å². The van der Waals surface area contributed by atoms with Crippen LogP contribution in [0.15, 0.2) is 36.4 Å². The van der Waals surface area contributed by atoms with Crippen LogP contribution in [0.1, 0.15) is 11.1 Å². The number of benzene rings is 2. The highest BCUT2D eigenvalue weighted by Crippen LogP contribution is 2.37. The zero-order chi connectivity index (χ0) is 15.2. The summed E-state index contributed by atoms with van der Waals surface area (Å²) in [4.78, 5) is 0. The summed E-state index contributed by atoms with van der Waals surface area (Å²) in [6, 6.07) is 10.3. The molecule has 0 radical (unpaired) electrons. The molecule has 0 unspecified atom stereocenters. The highest BCUT2D eigenvalue weighted by molar-refractivity contribution is 5.58. The Balaban J connectivity index is 2.39. The third-order valence-corrected chi connectivity index (χ3v) is 2.88. The first-order valence-corrected chi connectivity index (χ1v) is 6.29. The molecule has 0 bridgehead atoms. The number of hydrogen-bond acceptors (Lipinski definition) is 4. The topological polar surface area (TPSA) is 47.9 Å². The Hall–Kier alpha value is -2.80. The van der Waals surface area contributed by atoms with Gasteiger partial charge in [-0.2, -0.15) is 0 Å². The van der Waals surface area contributed by atoms with Crippen molar-refractivity contribution in [1.82, 2.24) is 0 Å². The standard InChI is InChI=1S/C17H16O4/c1-19-15-10-13(11-16(20-2)17(15)21-3)5-4-12-6-8-14(18)9-7-12/h6-11,18H,1-3H3. The van der Waals surface area contributed by atoms with Crippen molar-refractivity contribution in [3.63, 3.8) is 0 Å². The van der Waals surface area contributed by atoms with Gasteiger partial charge in [-0.15, -0.1) is 0 Å². The van der Waals surface area contributed by atoms with Crippen LogP contribution in [0, 0.1) is 11.8 Å². The average Bonchev–Trinajstić information content (AvgIpc) is 2.53. The fraction of sp³-hybridized carbons (Fsp3) is 0.176. The first-order valence-electron chi connectivity index (χ1n) is 6.29. The van der Waals surface area contributed by atoms with Crippen molar-refractivity contribution in [2.75, 3.05) is 21.3 Å². The van der Waals surface area contributed by atoms with Crippen LogP contribution in [-0.4, -0.2) is 26.4 Å². The minimum absolute atomic E-state index is 0.216. The molecule has 0 aliphatic heterocycles. The summed E-state index contributed by atoms with van der Waals surface area (Å²) in [6.45, 7) is 0. The van der Waals surface area contributed by atoms with E-state index in [4.69, 9.17) is 14.2 Å². The summed E-state index contributed by atoms with van der Waals surface area (Å²) in [5.74, 6) is 7.93. The third-order valence-electron chi connectivity index (χ3n) is 2.88. The Bertz CT molecular complexity index is 653. The van der Waals surface area contributed by atoms with Gasteiger partial charge in [0, 0.05) is 11.1 Å². The van der Waals surface area contributed by atoms with Gasteiger partial charge >= 0.3 is 0 Å². The average molecular weight is 284 g/mol. The van der Waals surface area contributed by atoms with Gasteiger partial charge < -0.3 is 19.3 Å². The number of aromatic hydroxyl groups is 1. The minimum atomic E-state index is 0.216. The SMILES string of the molecule is COc1cc(C#Cc2ccc(O)cc2)cc(OC)c1OC. The Labute approximate surface area is 123 Å². The molecule has 0 saturated carbocycles. The van der Waals surface area contributed by atoms with Crippen molar-refractivity contribution in [3.05, 3.63) is 47.5 Å². The Morgan fingerprint density at radius 3 is 1.76 bits per heavy atom. The van der Waals surface area contributed by atoms with E-state index >= 15 is 0 Å². The first kappa shape index (κ1) is 14.6. The van der Waals surface area contributed by atoms with Gasteiger partial charge in [0.1, 0.15) is 5.75 Å². The molecular weight excluding hydrogens is 268 g/mol. The van der Waals surface area contributed by atoms with Crippen molar-refractivity contribution in [1.29, 1.82) is 0 Å². The largest absolute Gasteiger partial charge is 0.508 e. The van der Waals surface area contributed by atoms with Crippen molar-refractivity contribution in [3.8, 4) is 34.8 Å². The van der Waals surface area contributed by atoms with Gasteiger partial charge in [0.25, 0.3) is 0 Å². The summed E-state index contributed by atoms with van der Waals surface area (Å²) in [5.41, 5.74) is 1.55. The fourth-order valence-corrected chi connectivity index (χ4v) is 1.84. The molecule has 0 aromatic heterocycles. The van der Waals surface area contributed by atoms with E-state index in [-0.39, 0.29) is 5.75 Å². The second-order valence-electron chi connectivity index (χ2n) is 4.21. The van der Waals surface area contributed by atoms with Crippen molar-refractivity contribution in [2.45, 2.75) is 0 Å². The molecule has 0 amide bonds. The van der Waals surface area contributed by atoms with Crippen LogP contribution in [0.4, 0.5) is 0 Å². The number of phenolic OH excluding ortho intramolecular Hbond substituents is 1. The zero-order valence-electron chi connectivity index (χ0n) is 12.1. The summed E-state index contributed by atoms with van der Waals surface area (Å²) in [6.07, 6.45) is 0. The van der Waals surface area contributed by atoms with Gasteiger partial charge in [-0.3, -0.25) is 0 Å². The highest BCUT2D eigenvalue weighted by Gasteiger charge is 2.12. The molecule has 0 atom stereocenters. The second kappa shape index (κ2) is 6.58. The molecule has 4 nitrogen and oxygen atoms in total. The summed E-state index contributed by atoms with van der Waals surface area (Å²) in [5, 5.41) is 9.24. The van der Waals surface area contributed by atoms with E-state index in [0.717, 1.165) is 11.1 Å². The van der Waals surface area contributed by atoms with Crippen molar-refractivity contribution < 1.29 is 19.3 Å². The van der Waals surface area contributed by atoms with E-state index in [2.05, 4.69) is 11.8 Å². The van der Waals surface area contributed by atoms with Crippen LogP contribution < -0.4 is 14.2 Å². The van der Waals surface area contributed by atoms with Gasteiger partial charge in [0.2, 0.25) is 5.75 Å². The summed E-state index contributed by atoms with van der Waals surface area (Å²) in [7, 11) is 4.69. The van der Waals surface area contributed by atoms with E-state index in [1.54, 1.807) is 57.7 Å². The lowest BCUT2D eigenvalue weighted by molar-refractivity contribution is 0.324. The number of ether oxygens (including phenoxy) is 3. The highest BCUT2D eigenvalue weighted by atomic mass is 16.5. The van der Waals surface area contributed by atoms with E-state index in [1.807, 2.05) is 0 Å². The molecule has 1 N–H and O–H groups in total. The fourth-order valence-electron chi connectivity index (χ4n) is 1.84. The maximum Gasteiger partial charge on any atom is 0.203 e. The van der Waals surface area contributed by atoms with Gasteiger partial charge in [-0.1, -0.05) is 11.8 Å². The first-order chi connectivity index (χ1) is 10.2. The van der Waals surface area contributed by atoms with Crippen LogP contribution in [0.5, 0.6) is 23.0 Å². The zero-order valence-corrected chi connectivity index (χ0v) is 12.1. The van der Waals surface area contributed by atoms with E-state index in [9.17, 15) is 5.11 Å². The molecule has 2 aromatic rings. The lowest BCUT2D eigenvalue weighted by Crippen LogP contribution is -1.95. The molecule has 2 aromatic carbocycles. The molecule has 108 valence electrons. The molecule has 0 saturated heterocycles. The minimum Gasteiger partial charge on any atom is -0.508 e. The molecule has 0 fully saturated rings. The van der Waals surface area contributed by atoms with Crippen LogP contribution in [-0.2, 0) is 0 Å². The Morgan fingerprint density at radius 1 is 0.762 bits per heavy atom. The molecule has 0 aliphatic rings. The summed E-state index contributed by atoms with van der Waals surface area (Å²) >= 11 is 0. The second-order valence-corrected chi connectivity index (χ2v) is 4.21. The van der Waals surface area contributed by atoms with Crippen molar-refractivity contribution in [2.24, 2.45) is 0 Å². The van der Waals surface area contributed by atoms with Crippen LogP contribution >= 0.6 is 0 Å². The lowest BCUT2D eigenvalue weighted by Gasteiger charge is -2.12. The maximum absolute atomic E-state index is 9.24. The predicted molar refractivity (Wildman–Crippen MR) is 80.2 cm³/mol. The molecule has 2 rings (SSSR count). The maximum atomic E-state index is 9.24. The smallest absolute Gasteiger partial charge is 0.203 e. The number of phenols is 1. The van der Waals surface area contributed by atoms with Crippen LogP contribution in [0.3, 0.4) is 0 Å². The van der Waals surface area contributed by atoms with Gasteiger partial charge in [0.05, 0.1) is 21.3 Å². The predicted octanol–water partition coefficient (Wildman–Crippen LogP) is 2.82. The lowest BCUT2D eigenvalue weighted by atomic mass is 10.1. The summed E-state index contributed by atoms with van der Waals surface area (Å²) < 4.78 is 15.8. The molecule has 0 aliphatic carbocycles. The molecule has 21 heavy (non-hydrogen) atoms. The van der Waals surface area contributed by atoms with Crippen LogP contribution in [0.2, 0.25) is 0 Å². The Morgan fingerprint density at radius 2 is 1.29 bits per heavy atom. The third kappa shape index (κ3) is 3.40. The molecule has 0 spiro atoms. The molecule has 4 heteroatoms. The van der Waals surface area contributed by atoms with E-state index in [1.165, 1.54) is 0 Å². The number of hydrogen-bond donors (Lipinski definition) is 1.